The van der Waals surface area contributed by atoms with Crippen molar-refractivity contribution < 1.29 is 14.2 Å². The first-order chi connectivity index (χ1) is 14.2. The Morgan fingerprint density at radius 1 is 1.13 bits per heavy atom. The second kappa shape index (κ2) is 12.6. The lowest BCUT2D eigenvalue weighted by Gasteiger charge is -2.25. The van der Waals surface area contributed by atoms with Crippen LogP contribution >= 0.6 is 24.0 Å². The van der Waals surface area contributed by atoms with E-state index < -0.39 is 0 Å². The van der Waals surface area contributed by atoms with Crippen LogP contribution < -0.4 is 20.5 Å². The van der Waals surface area contributed by atoms with Gasteiger partial charge in [-0.2, -0.15) is 0 Å². The monoisotopic (exact) mass is 525 g/mol. The van der Waals surface area contributed by atoms with E-state index in [1.807, 2.05) is 18.2 Å². The SMILES string of the molecule is COc1ccc(CN=C(N)NCCCOC2CCCc3ccccc32)cc1OC.I. The van der Waals surface area contributed by atoms with Crippen LogP contribution in [-0.2, 0) is 17.7 Å². The number of methoxy groups -OCH3 is 2. The summed E-state index contributed by atoms with van der Waals surface area (Å²) in [5.74, 6) is 1.82. The smallest absolute Gasteiger partial charge is 0.188 e. The van der Waals surface area contributed by atoms with Gasteiger partial charge in [0.1, 0.15) is 0 Å². The third kappa shape index (κ3) is 6.77. The van der Waals surface area contributed by atoms with Gasteiger partial charge < -0.3 is 25.3 Å². The Balaban J connectivity index is 0.00000320. The van der Waals surface area contributed by atoms with E-state index in [2.05, 4.69) is 34.6 Å². The summed E-state index contributed by atoms with van der Waals surface area (Å²) >= 11 is 0. The van der Waals surface area contributed by atoms with E-state index in [1.165, 1.54) is 17.5 Å². The molecule has 6 nitrogen and oxygen atoms in total. The molecule has 0 aliphatic heterocycles. The van der Waals surface area contributed by atoms with Gasteiger partial charge in [-0.3, -0.25) is 0 Å². The van der Waals surface area contributed by atoms with E-state index in [4.69, 9.17) is 19.9 Å². The van der Waals surface area contributed by atoms with Crippen LogP contribution in [0.3, 0.4) is 0 Å². The second-order valence-electron chi connectivity index (χ2n) is 7.12. The number of nitrogens with one attached hydrogen (secondary N) is 1. The van der Waals surface area contributed by atoms with Crippen LogP contribution in [0.25, 0.3) is 0 Å². The van der Waals surface area contributed by atoms with Crippen LogP contribution in [0.1, 0.15) is 42.1 Å². The van der Waals surface area contributed by atoms with E-state index in [0.29, 0.717) is 30.6 Å². The molecule has 0 saturated carbocycles. The molecular weight excluding hydrogens is 493 g/mol. The average molecular weight is 525 g/mol. The normalized spacial score (nSPS) is 15.7. The van der Waals surface area contributed by atoms with Gasteiger partial charge in [0.2, 0.25) is 0 Å². The van der Waals surface area contributed by atoms with Gasteiger partial charge in [-0.15, -0.1) is 24.0 Å². The van der Waals surface area contributed by atoms with Crippen molar-refractivity contribution in [2.45, 2.75) is 38.3 Å². The Labute approximate surface area is 196 Å². The van der Waals surface area contributed by atoms with E-state index in [1.54, 1.807) is 14.2 Å². The van der Waals surface area contributed by atoms with E-state index in [-0.39, 0.29) is 30.1 Å². The van der Waals surface area contributed by atoms with Gasteiger partial charge in [0.15, 0.2) is 17.5 Å². The molecule has 2 aromatic rings. The molecule has 30 heavy (non-hydrogen) atoms. The first kappa shape index (κ1) is 24.3. The fourth-order valence-electron chi connectivity index (χ4n) is 3.61. The number of rotatable bonds is 9. The molecule has 0 saturated heterocycles. The molecule has 0 bridgehead atoms. The topological polar surface area (TPSA) is 78.1 Å². The Bertz CT molecular complexity index is 829. The van der Waals surface area contributed by atoms with Crippen molar-refractivity contribution in [3.63, 3.8) is 0 Å². The second-order valence-corrected chi connectivity index (χ2v) is 7.12. The summed E-state index contributed by atoms with van der Waals surface area (Å²) in [4.78, 5) is 4.39. The number of ether oxygens (including phenoxy) is 3. The zero-order chi connectivity index (χ0) is 20.5. The van der Waals surface area contributed by atoms with E-state index in [9.17, 15) is 0 Å². The number of benzene rings is 2. The van der Waals surface area contributed by atoms with Crippen LogP contribution in [0.5, 0.6) is 11.5 Å². The first-order valence-electron chi connectivity index (χ1n) is 10.2. The van der Waals surface area contributed by atoms with Crippen molar-refractivity contribution >= 4 is 29.9 Å². The molecule has 0 amide bonds. The molecule has 0 fully saturated rings. The number of aliphatic imine (C=N–C) groups is 1. The molecule has 1 atom stereocenters. The zero-order valence-electron chi connectivity index (χ0n) is 17.7. The first-order valence-corrected chi connectivity index (χ1v) is 10.2. The average Bonchev–Trinajstić information content (AvgIpc) is 2.77. The Morgan fingerprint density at radius 3 is 2.73 bits per heavy atom. The molecule has 0 spiro atoms. The largest absolute Gasteiger partial charge is 0.493 e. The molecule has 1 aliphatic carbocycles. The minimum atomic E-state index is 0. The van der Waals surface area contributed by atoms with Crippen molar-refractivity contribution in [2.75, 3.05) is 27.4 Å². The van der Waals surface area contributed by atoms with Crippen LogP contribution in [0.2, 0.25) is 0 Å². The number of aryl methyl sites for hydroxylation is 1. The van der Waals surface area contributed by atoms with Gasteiger partial charge in [0, 0.05) is 13.2 Å². The third-order valence-corrected chi connectivity index (χ3v) is 5.14. The molecule has 0 heterocycles. The van der Waals surface area contributed by atoms with Gasteiger partial charge >= 0.3 is 0 Å². The van der Waals surface area contributed by atoms with Gasteiger partial charge in [-0.05, 0) is 54.5 Å². The molecule has 164 valence electrons. The minimum Gasteiger partial charge on any atom is -0.493 e. The lowest BCUT2D eigenvalue weighted by molar-refractivity contribution is 0.0398. The minimum absolute atomic E-state index is 0. The van der Waals surface area contributed by atoms with Crippen LogP contribution in [0, 0.1) is 0 Å². The molecule has 1 unspecified atom stereocenters. The highest BCUT2D eigenvalue weighted by atomic mass is 127. The van der Waals surface area contributed by atoms with Crippen molar-refractivity contribution in [1.82, 2.24) is 5.32 Å². The predicted molar refractivity (Wildman–Crippen MR) is 131 cm³/mol. The van der Waals surface area contributed by atoms with Gasteiger partial charge in [0.05, 0.1) is 26.9 Å². The predicted octanol–water partition coefficient (Wildman–Crippen LogP) is 4.21. The summed E-state index contributed by atoms with van der Waals surface area (Å²) in [5, 5.41) is 3.15. The summed E-state index contributed by atoms with van der Waals surface area (Å²) in [6.45, 7) is 1.92. The van der Waals surface area contributed by atoms with Crippen molar-refractivity contribution in [3.05, 3.63) is 59.2 Å². The molecule has 1 aliphatic rings. The summed E-state index contributed by atoms with van der Waals surface area (Å²) in [6.07, 6.45) is 4.54. The zero-order valence-corrected chi connectivity index (χ0v) is 20.1. The molecule has 3 N–H and O–H groups in total. The molecular formula is C23H32IN3O3. The summed E-state index contributed by atoms with van der Waals surface area (Å²) in [7, 11) is 3.24. The standard InChI is InChI=1S/C23H31N3O3.HI/c1-27-21-12-11-17(15-22(21)28-2)16-26-23(24)25-13-6-14-29-20-10-5-8-18-7-3-4-9-19(18)20;/h3-4,7,9,11-12,15,20H,5-6,8,10,13-14,16H2,1-2H3,(H3,24,25,26);1H. The van der Waals surface area contributed by atoms with Gasteiger partial charge in [0.25, 0.3) is 0 Å². The number of nitrogens with two attached hydrogens (primary N) is 1. The van der Waals surface area contributed by atoms with Crippen molar-refractivity contribution in [3.8, 4) is 11.5 Å². The highest BCUT2D eigenvalue weighted by Crippen LogP contribution is 2.32. The fourth-order valence-corrected chi connectivity index (χ4v) is 3.61. The third-order valence-electron chi connectivity index (χ3n) is 5.14. The van der Waals surface area contributed by atoms with Crippen molar-refractivity contribution in [2.24, 2.45) is 10.7 Å². The van der Waals surface area contributed by atoms with Gasteiger partial charge in [-0.1, -0.05) is 30.3 Å². The Morgan fingerprint density at radius 2 is 1.93 bits per heavy atom. The van der Waals surface area contributed by atoms with Crippen LogP contribution in [-0.4, -0.2) is 33.3 Å². The van der Waals surface area contributed by atoms with Crippen LogP contribution in [0.4, 0.5) is 0 Å². The van der Waals surface area contributed by atoms with Gasteiger partial charge in [-0.25, -0.2) is 4.99 Å². The highest BCUT2D eigenvalue weighted by Gasteiger charge is 2.19. The lowest BCUT2D eigenvalue weighted by atomic mass is 9.89. The van der Waals surface area contributed by atoms with E-state index in [0.717, 1.165) is 31.4 Å². The maximum atomic E-state index is 6.12. The number of halogens is 1. The van der Waals surface area contributed by atoms with Crippen LogP contribution in [0.15, 0.2) is 47.5 Å². The number of fused-ring (bicyclic) bond motifs is 1. The number of hydrogen-bond donors (Lipinski definition) is 2. The van der Waals surface area contributed by atoms with E-state index >= 15 is 0 Å². The molecule has 3 rings (SSSR count). The molecule has 0 aromatic heterocycles. The fraction of sp³-hybridized carbons (Fsp3) is 0.435. The quantitative estimate of drug-likeness (QED) is 0.222. The molecule has 7 heteroatoms. The summed E-state index contributed by atoms with van der Waals surface area (Å²) in [6, 6.07) is 14.3. The molecule has 0 radical (unpaired) electrons. The number of guanidine groups is 1. The maximum Gasteiger partial charge on any atom is 0.188 e. The maximum absolute atomic E-state index is 6.12. The Hall–Kier alpha value is -2.00. The summed E-state index contributed by atoms with van der Waals surface area (Å²) in [5.41, 5.74) is 9.76. The summed E-state index contributed by atoms with van der Waals surface area (Å²) < 4.78 is 16.7. The number of nitrogens with zero attached hydrogens (tertiary/aromatic N) is 1. The highest BCUT2D eigenvalue weighted by molar-refractivity contribution is 14.0. The lowest BCUT2D eigenvalue weighted by Crippen LogP contribution is -2.33. The van der Waals surface area contributed by atoms with Crippen molar-refractivity contribution in [1.29, 1.82) is 0 Å². The molecule has 2 aromatic carbocycles. The Kier molecular flexibility index (Phi) is 10.2. The number of hydrogen-bond acceptors (Lipinski definition) is 4.